The number of hydrogen-bond donors (Lipinski definition) is 14. The Morgan fingerprint density at radius 2 is 0.697 bits per heavy atom. The molecule has 0 radical (unpaired) electrons. The van der Waals surface area contributed by atoms with Crippen LogP contribution in [0.2, 0.25) is 0 Å². The number of nitrogens with one attached hydrogen (secondary N) is 2. The van der Waals surface area contributed by atoms with E-state index in [-0.39, 0.29) is 64.2 Å². The van der Waals surface area contributed by atoms with Crippen molar-refractivity contribution in [3.05, 3.63) is 119 Å². The van der Waals surface area contributed by atoms with Gasteiger partial charge in [0.25, 0.3) is 0 Å². The van der Waals surface area contributed by atoms with Gasteiger partial charge in [-0.25, -0.2) is 17.6 Å². The summed E-state index contributed by atoms with van der Waals surface area (Å²) < 4.78 is 87.0. The van der Waals surface area contributed by atoms with Crippen molar-refractivity contribution in [3.8, 4) is 23.0 Å². The Bertz CT molecular complexity index is 3260. The molecule has 0 aromatic heterocycles. The van der Waals surface area contributed by atoms with Crippen LogP contribution in [0.4, 0.5) is 17.6 Å². The molecule has 22 nitrogen and oxygen atoms in total. The lowest BCUT2D eigenvalue weighted by molar-refractivity contribution is -0.303. The Hall–Kier alpha value is -5.50. The minimum absolute atomic E-state index is 0. The SMILES string of the molecule is C.C.CCCCCCCCCCCCCC[C@@H](O)[C@@H](O)[C@H](CO[C@H]1OC(CO)[C@H](O)[C@H](O)C1O)NC(=O)CCCCCCCCCCc1ccc(Oc2ccc(F)c(F)c2)cc1.CCCCCCCCCCCCCC[C@@H](O)[C@@H](O)[C@H](CO[C@H]1OC(CO)[C@H](O)[C@H](O)C1O)NC(=O)CCCCCCCCCCc1ccc(Oc2ccc(F)cc2F)cc1. The molecule has 26 heteroatoms. The Labute approximate surface area is 726 Å². The number of aliphatic hydroxyl groups is 12. The molecule has 4 aromatic carbocycles. The molecular formula is C96H158F4N2O20. The summed E-state index contributed by atoms with van der Waals surface area (Å²) in [6.07, 6.45) is 27.1. The summed E-state index contributed by atoms with van der Waals surface area (Å²) in [6.45, 7) is 2.53. The number of unbranched alkanes of at least 4 members (excludes halogenated alkanes) is 36. The molecule has 2 amide bonds. The smallest absolute Gasteiger partial charge is 0.220 e. The van der Waals surface area contributed by atoms with Crippen LogP contribution < -0.4 is 20.1 Å². The summed E-state index contributed by atoms with van der Waals surface area (Å²) in [5, 5.41) is 130. The first-order chi connectivity index (χ1) is 58.1. The second-order valence-corrected chi connectivity index (χ2v) is 33.2. The molecule has 0 spiro atoms. The van der Waals surface area contributed by atoms with E-state index in [1.165, 1.54) is 120 Å². The molecule has 2 aliphatic heterocycles. The molecule has 2 heterocycles. The molecule has 4 aromatic rings. The number of rotatable bonds is 66. The molecule has 0 aliphatic carbocycles. The van der Waals surface area contributed by atoms with Gasteiger partial charge in [-0.1, -0.05) is 284 Å². The van der Waals surface area contributed by atoms with Gasteiger partial charge in [0, 0.05) is 25.0 Å². The number of ether oxygens (including phenoxy) is 6. The average Bonchev–Trinajstić information content (AvgIpc) is 0.818. The topological polar surface area (TPSA) is 356 Å². The first-order valence-electron chi connectivity index (χ1n) is 45.7. The number of halogens is 4. The first-order valence-corrected chi connectivity index (χ1v) is 45.7. The summed E-state index contributed by atoms with van der Waals surface area (Å²) in [5.74, 6) is -2.63. The van der Waals surface area contributed by atoms with Gasteiger partial charge >= 0.3 is 0 Å². The second-order valence-electron chi connectivity index (χ2n) is 33.2. The van der Waals surface area contributed by atoms with Crippen molar-refractivity contribution in [2.75, 3.05) is 26.4 Å². The third-order valence-corrected chi connectivity index (χ3v) is 22.9. The number of benzene rings is 4. The zero-order valence-electron chi connectivity index (χ0n) is 71.8. The van der Waals surface area contributed by atoms with Crippen molar-refractivity contribution < 1.29 is 117 Å². The van der Waals surface area contributed by atoms with Crippen LogP contribution in [0.15, 0.2) is 84.9 Å². The fourth-order valence-corrected chi connectivity index (χ4v) is 15.2. The van der Waals surface area contributed by atoms with Crippen LogP contribution in [0.3, 0.4) is 0 Å². The minimum Gasteiger partial charge on any atom is -0.457 e. The molecule has 2 saturated heterocycles. The van der Waals surface area contributed by atoms with Gasteiger partial charge in [0.05, 0.1) is 50.7 Å². The van der Waals surface area contributed by atoms with E-state index in [1.807, 2.05) is 36.4 Å². The van der Waals surface area contributed by atoms with Gasteiger partial charge in [0.2, 0.25) is 11.8 Å². The van der Waals surface area contributed by atoms with Gasteiger partial charge in [-0.2, -0.15) is 0 Å². The predicted octanol–water partition coefficient (Wildman–Crippen LogP) is 17.1. The average molecular weight is 1740 g/mol. The van der Waals surface area contributed by atoms with Crippen molar-refractivity contribution in [2.24, 2.45) is 0 Å². The van der Waals surface area contributed by atoms with Crippen LogP contribution >= 0.6 is 0 Å². The normalized spacial score (nSPS) is 20.4. The molecule has 122 heavy (non-hydrogen) atoms. The summed E-state index contributed by atoms with van der Waals surface area (Å²) in [7, 11) is 0. The number of aliphatic hydroxyl groups excluding tert-OH is 12. The van der Waals surface area contributed by atoms with E-state index in [0.717, 1.165) is 184 Å². The maximum Gasteiger partial charge on any atom is 0.220 e. The zero-order chi connectivity index (χ0) is 87.1. The van der Waals surface area contributed by atoms with Gasteiger partial charge in [0.1, 0.15) is 84.1 Å². The Kier molecular flexibility index (Phi) is 60.6. The third-order valence-electron chi connectivity index (χ3n) is 22.9. The fraction of sp³-hybridized carbons (Fsp3) is 0.729. The first kappa shape index (κ1) is 111. The van der Waals surface area contributed by atoms with Crippen LogP contribution in [0.25, 0.3) is 0 Å². The number of amides is 2. The van der Waals surface area contributed by atoms with E-state index in [9.17, 15) is 88.4 Å². The van der Waals surface area contributed by atoms with E-state index in [1.54, 1.807) is 12.1 Å². The lowest BCUT2D eigenvalue weighted by Gasteiger charge is -2.40. The van der Waals surface area contributed by atoms with Gasteiger partial charge in [-0.05, 0) is 111 Å². The fourth-order valence-electron chi connectivity index (χ4n) is 15.2. The van der Waals surface area contributed by atoms with E-state index in [0.29, 0.717) is 37.2 Å². The maximum atomic E-state index is 13.9. The van der Waals surface area contributed by atoms with Crippen LogP contribution in [0.1, 0.15) is 322 Å². The van der Waals surface area contributed by atoms with Gasteiger partial charge in [-0.15, -0.1) is 0 Å². The van der Waals surface area contributed by atoms with E-state index >= 15 is 0 Å². The lowest BCUT2D eigenvalue weighted by Crippen LogP contribution is -2.60. The molecule has 16 atom stereocenters. The highest BCUT2D eigenvalue weighted by molar-refractivity contribution is 5.76. The molecule has 700 valence electrons. The number of carbonyl (C=O) groups excluding carboxylic acids is 2. The molecular weight excluding hydrogens is 1580 g/mol. The van der Waals surface area contributed by atoms with Crippen molar-refractivity contribution in [1.29, 1.82) is 0 Å². The molecule has 4 unspecified atom stereocenters. The predicted molar refractivity (Wildman–Crippen MR) is 468 cm³/mol. The number of aryl methyl sites for hydroxylation is 2. The highest BCUT2D eigenvalue weighted by atomic mass is 19.2. The number of hydrogen-bond acceptors (Lipinski definition) is 20. The number of carbonyl (C=O) groups is 2. The van der Waals surface area contributed by atoms with E-state index in [2.05, 4.69) is 24.5 Å². The highest BCUT2D eigenvalue weighted by Gasteiger charge is 2.46. The highest BCUT2D eigenvalue weighted by Crippen LogP contribution is 2.30. The molecule has 14 N–H and O–H groups in total. The summed E-state index contributed by atoms with van der Waals surface area (Å²) in [4.78, 5) is 26.1. The van der Waals surface area contributed by atoms with E-state index < -0.39 is 134 Å². The van der Waals surface area contributed by atoms with Gasteiger partial charge < -0.3 is 100 Å². The third kappa shape index (κ3) is 45.3. The molecule has 2 fully saturated rings. The largest absolute Gasteiger partial charge is 0.457 e. The molecule has 0 bridgehead atoms. The second kappa shape index (κ2) is 66.9. The molecule has 0 saturated carbocycles. The van der Waals surface area contributed by atoms with Gasteiger partial charge in [0.15, 0.2) is 35.8 Å². The van der Waals surface area contributed by atoms with Crippen LogP contribution in [0, 0.1) is 23.3 Å². The van der Waals surface area contributed by atoms with Crippen molar-refractivity contribution in [1.82, 2.24) is 10.6 Å². The summed E-state index contributed by atoms with van der Waals surface area (Å²) in [6, 6.07) is 19.7. The molecule has 2 aliphatic rings. The van der Waals surface area contributed by atoms with Gasteiger partial charge in [-0.3, -0.25) is 9.59 Å². The maximum absolute atomic E-state index is 13.9. The minimum atomic E-state index is -1.63. The Balaban J connectivity index is 0.000000620. The Morgan fingerprint density at radius 3 is 1.04 bits per heavy atom. The monoisotopic (exact) mass is 1740 g/mol. The van der Waals surface area contributed by atoms with Crippen molar-refractivity contribution in [3.63, 3.8) is 0 Å². The van der Waals surface area contributed by atoms with Crippen molar-refractivity contribution >= 4 is 11.8 Å². The van der Waals surface area contributed by atoms with Crippen molar-refractivity contribution in [2.45, 2.75) is 422 Å². The summed E-state index contributed by atoms with van der Waals surface area (Å²) >= 11 is 0. The van der Waals surface area contributed by atoms with Crippen LogP contribution in [0.5, 0.6) is 23.0 Å². The Morgan fingerprint density at radius 1 is 0.369 bits per heavy atom. The standard InChI is InChI=1S/2C47H75F2NO10.2CH4/c1-2-3-4-5-6-7-8-9-10-14-17-20-23-39(52)43(54)38(33-58-47-46(57)45(56)44(55)41(32-51)60-47)50-42(53)24-21-18-15-12-11-13-16-19-22-34-25-28-36(29-26-34)59-40-30-27-35(48)31-37(40)49;1-2-3-4-5-6-7-8-9-10-14-17-20-23-40(52)43(54)39(33-58-47-46(57)45(56)44(55)41(32-51)60-47)50-42(53)24-21-18-15-12-11-13-16-19-22-34-25-27-35(28-26-34)59-36-29-30-37(48)38(49)31-36;;/h25-31,38-39,41,43-47,51-52,54-57H,2-24,32-33H2,1H3,(H,50,53);25-31,39-41,43-47,51-52,54-57H,2-24,32-33H2,1H3,(H,50,53);2*1H4/t38-,39+,41?,43-,44-,45-,46?,47-;39-,40+,41?,43-,44-,45-,46?,47-;;/m00../s1. The molecule has 6 rings (SSSR count). The quantitative estimate of drug-likeness (QED) is 0.0144. The lowest BCUT2D eigenvalue weighted by atomic mass is 9.98. The van der Waals surface area contributed by atoms with E-state index in [4.69, 9.17) is 28.4 Å². The van der Waals surface area contributed by atoms with Crippen LogP contribution in [-0.4, -0.2) is 197 Å². The summed E-state index contributed by atoms with van der Waals surface area (Å²) in [5.41, 5.74) is 2.33. The zero-order valence-corrected chi connectivity index (χ0v) is 71.8. The van der Waals surface area contributed by atoms with Crippen LogP contribution in [-0.2, 0) is 41.4 Å².